The minimum atomic E-state index is -0.602. The van der Waals surface area contributed by atoms with E-state index >= 15 is 0 Å². The zero-order chi connectivity index (χ0) is 12.8. The number of hydrogen-bond acceptors (Lipinski definition) is 5. The molecule has 0 aliphatic rings. The highest BCUT2D eigenvalue weighted by atomic mass is 16.1. The molecule has 1 aromatic heterocycles. The van der Waals surface area contributed by atoms with Crippen LogP contribution in [-0.4, -0.2) is 29.9 Å². The van der Waals surface area contributed by atoms with Crippen LogP contribution in [0.5, 0.6) is 0 Å². The molecule has 2 amide bonds. The molecule has 0 aliphatic heterocycles. The van der Waals surface area contributed by atoms with Gasteiger partial charge in [-0.15, -0.1) is 0 Å². The molecule has 7 nitrogen and oxygen atoms in total. The van der Waals surface area contributed by atoms with Gasteiger partial charge in [-0.1, -0.05) is 0 Å². The molecule has 0 radical (unpaired) electrons. The largest absolute Gasteiger partial charge is 0.397 e. The van der Waals surface area contributed by atoms with Gasteiger partial charge in [-0.05, 0) is 6.07 Å². The zero-order valence-electron chi connectivity index (χ0n) is 9.49. The fourth-order valence-electron chi connectivity index (χ4n) is 1.21. The van der Waals surface area contributed by atoms with Crippen LogP contribution >= 0.6 is 0 Å². The van der Waals surface area contributed by atoms with Gasteiger partial charge in [0.25, 0.3) is 5.91 Å². The van der Waals surface area contributed by atoms with E-state index in [4.69, 9.17) is 11.5 Å². The van der Waals surface area contributed by atoms with Crippen LogP contribution in [-0.2, 0) is 4.79 Å². The van der Waals surface area contributed by atoms with Crippen molar-refractivity contribution >= 4 is 23.3 Å². The molecule has 0 atom stereocenters. The molecule has 0 saturated heterocycles. The fraction of sp³-hybridized carbons (Fsp3) is 0.300. The van der Waals surface area contributed by atoms with Crippen LogP contribution in [0.4, 0.5) is 11.5 Å². The number of rotatable bonds is 5. The summed E-state index contributed by atoms with van der Waals surface area (Å²) in [5, 5.41) is 5.55. The van der Waals surface area contributed by atoms with Gasteiger partial charge in [-0.25, -0.2) is 4.98 Å². The van der Waals surface area contributed by atoms with E-state index in [1.165, 1.54) is 19.2 Å². The van der Waals surface area contributed by atoms with Crippen LogP contribution in [0.15, 0.2) is 12.3 Å². The number of nitrogens with zero attached hydrogens (tertiary/aromatic N) is 1. The summed E-state index contributed by atoms with van der Waals surface area (Å²) in [6.07, 6.45) is 1.36. The lowest BCUT2D eigenvalue weighted by molar-refractivity contribution is -0.118. The van der Waals surface area contributed by atoms with Crippen molar-refractivity contribution < 1.29 is 9.59 Å². The molecule has 17 heavy (non-hydrogen) atoms. The molecule has 0 unspecified atom stereocenters. The van der Waals surface area contributed by atoms with E-state index in [1.807, 2.05) is 0 Å². The van der Waals surface area contributed by atoms with E-state index in [1.54, 1.807) is 0 Å². The Morgan fingerprint density at radius 1 is 1.41 bits per heavy atom. The van der Waals surface area contributed by atoms with Crippen molar-refractivity contribution in [1.82, 2.24) is 10.3 Å². The Bertz CT molecular complexity index is 433. The number of amides is 2. The molecule has 0 bridgehead atoms. The number of aromatic nitrogens is 1. The third-order valence-corrected chi connectivity index (χ3v) is 2.01. The quantitative estimate of drug-likeness (QED) is 0.505. The average molecular weight is 237 g/mol. The molecule has 0 fully saturated rings. The Kier molecular flexibility index (Phi) is 4.27. The van der Waals surface area contributed by atoms with Crippen LogP contribution in [0.25, 0.3) is 0 Å². The summed E-state index contributed by atoms with van der Waals surface area (Å²) in [4.78, 5) is 25.6. The average Bonchev–Trinajstić information content (AvgIpc) is 2.25. The van der Waals surface area contributed by atoms with E-state index < -0.39 is 5.91 Å². The number of pyridine rings is 1. The normalized spacial score (nSPS) is 9.71. The first-order valence-corrected chi connectivity index (χ1v) is 5.04. The van der Waals surface area contributed by atoms with Gasteiger partial charge >= 0.3 is 0 Å². The van der Waals surface area contributed by atoms with Crippen LogP contribution in [0.2, 0.25) is 0 Å². The number of nitrogens with two attached hydrogens (primary N) is 2. The molecule has 0 aromatic carbocycles. The van der Waals surface area contributed by atoms with Crippen molar-refractivity contribution in [2.45, 2.75) is 6.92 Å². The second-order valence-corrected chi connectivity index (χ2v) is 3.43. The van der Waals surface area contributed by atoms with Crippen molar-refractivity contribution in [3.63, 3.8) is 0 Å². The summed E-state index contributed by atoms with van der Waals surface area (Å²) in [5.74, 6) is -0.219. The Morgan fingerprint density at radius 3 is 2.71 bits per heavy atom. The third kappa shape index (κ3) is 3.98. The lowest BCUT2D eigenvalue weighted by Gasteiger charge is -2.08. The van der Waals surface area contributed by atoms with Crippen LogP contribution in [0.3, 0.4) is 0 Å². The predicted octanol–water partition coefficient (Wildman–Crippen LogP) is -0.689. The SMILES string of the molecule is CC(=O)NCCNc1cc(C(N)=O)c(N)cn1. The van der Waals surface area contributed by atoms with Crippen molar-refractivity contribution in [3.8, 4) is 0 Å². The molecule has 0 aliphatic carbocycles. The molecule has 1 rings (SSSR count). The molecule has 6 N–H and O–H groups in total. The molecule has 92 valence electrons. The monoisotopic (exact) mass is 237 g/mol. The Morgan fingerprint density at radius 2 is 2.12 bits per heavy atom. The highest BCUT2D eigenvalue weighted by molar-refractivity contribution is 5.98. The number of carbonyl (C=O) groups excluding carboxylic acids is 2. The fourth-order valence-corrected chi connectivity index (χ4v) is 1.21. The lowest BCUT2D eigenvalue weighted by Crippen LogP contribution is -2.26. The number of hydrogen-bond donors (Lipinski definition) is 4. The van der Waals surface area contributed by atoms with Gasteiger partial charge in [-0.2, -0.15) is 0 Å². The first-order chi connectivity index (χ1) is 8.00. The summed E-state index contributed by atoms with van der Waals surface area (Å²) in [6.45, 7) is 2.40. The standard InChI is InChI=1S/C10H15N5O2/c1-6(16)13-2-3-14-9-4-7(10(12)17)8(11)5-15-9/h4-5H,2-3,11H2,1H3,(H2,12,17)(H,13,16)(H,14,15). The van der Waals surface area contributed by atoms with Gasteiger partial charge in [0, 0.05) is 20.0 Å². The van der Waals surface area contributed by atoms with Crippen molar-refractivity contribution in [1.29, 1.82) is 0 Å². The molecule has 1 aromatic rings. The van der Waals surface area contributed by atoms with Gasteiger partial charge in [0.05, 0.1) is 17.4 Å². The number of primary amides is 1. The molecular formula is C10H15N5O2. The van der Waals surface area contributed by atoms with Crippen molar-refractivity contribution in [3.05, 3.63) is 17.8 Å². The van der Waals surface area contributed by atoms with Gasteiger partial charge in [0.2, 0.25) is 5.91 Å². The highest BCUT2D eigenvalue weighted by Crippen LogP contribution is 2.13. The second-order valence-electron chi connectivity index (χ2n) is 3.43. The van der Waals surface area contributed by atoms with Gasteiger partial charge < -0.3 is 22.1 Å². The number of nitrogen functional groups attached to an aromatic ring is 1. The highest BCUT2D eigenvalue weighted by Gasteiger charge is 2.07. The van der Waals surface area contributed by atoms with Gasteiger partial charge in [0.15, 0.2) is 0 Å². The van der Waals surface area contributed by atoms with Crippen LogP contribution in [0.1, 0.15) is 17.3 Å². The van der Waals surface area contributed by atoms with E-state index in [0.717, 1.165) is 0 Å². The molecule has 0 spiro atoms. The van der Waals surface area contributed by atoms with Gasteiger partial charge in [0.1, 0.15) is 5.82 Å². The first-order valence-electron chi connectivity index (χ1n) is 5.04. The summed E-state index contributed by atoms with van der Waals surface area (Å²) in [7, 11) is 0. The number of anilines is 2. The van der Waals surface area contributed by atoms with E-state index in [0.29, 0.717) is 18.9 Å². The maximum atomic E-state index is 11.0. The molecule has 0 saturated carbocycles. The van der Waals surface area contributed by atoms with E-state index in [9.17, 15) is 9.59 Å². The Balaban J connectivity index is 2.57. The number of carbonyl (C=O) groups is 2. The maximum absolute atomic E-state index is 11.0. The van der Waals surface area contributed by atoms with Crippen molar-refractivity contribution in [2.75, 3.05) is 24.1 Å². The van der Waals surface area contributed by atoms with Crippen LogP contribution in [0, 0.1) is 0 Å². The maximum Gasteiger partial charge on any atom is 0.250 e. The summed E-state index contributed by atoms with van der Waals surface area (Å²) in [5.41, 5.74) is 11.1. The van der Waals surface area contributed by atoms with Crippen LogP contribution < -0.4 is 22.1 Å². The Hall–Kier alpha value is -2.31. The van der Waals surface area contributed by atoms with E-state index in [2.05, 4.69) is 15.6 Å². The van der Waals surface area contributed by atoms with E-state index in [-0.39, 0.29) is 17.2 Å². The second kappa shape index (κ2) is 5.69. The van der Waals surface area contributed by atoms with Gasteiger partial charge in [-0.3, -0.25) is 9.59 Å². The number of nitrogens with one attached hydrogen (secondary N) is 2. The summed E-state index contributed by atoms with van der Waals surface area (Å²) >= 11 is 0. The minimum Gasteiger partial charge on any atom is -0.397 e. The summed E-state index contributed by atoms with van der Waals surface area (Å²) < 4.78 is 0. The predicted molar refractivity (Wildman–Crippen MR) is 64.3 cm³/mol. The zero-order valence-corrected chi connectivity index (χ0v) is 9.49. The summed E-state index contributed by atoms with van der Waals surface area (Å²) in [6, 6.07) is 1.48. The Labute approximate surface area is 98.6 Å². The lowest BCUT2D eigenvalue weighted by atomic mass is 10.2. The minimum absolute atomic E-state index is 0.102. The topological polar surface area (TPSA) is 123 Å². The smallest absolute Gasteiger partial charge is 0.250 e. The molecular weight excluding hydrogens is 222 g/mol. The van der Waals surface area contributed by atoms with Crippen molar-refractivity contribution in [2.24, 2.45) is 5.73 Å². The molecule has 7 heteroatoms. The first kappa shape index (κ1) is 12.8. The molecule has 1 heterocycles. The third-order valence-electron chi connectivity index (χ3n) is 2.01.